The molecule has 3 aromatic rings. The van der Waals surface area contributed by atoms with Gasteiger partial charge in [0.05, 0.1) is 16.9 Å². The Morgan fingerprint density at radius 1 is 1.13 bits per heavy atom. The molecule has 0 bridgehead atoms. The average Bonchev–Trinajstić information content (AvgIpc) is 2.99. The van der Waals surface area contributed by atoms with E-state index in [2.05, 4.69) is 46.7 Å². The maximum Gasteiger partial charge on any atom is 0.203 e. The lowest BCUT2D eigenvalue weighted by atomic mass is 10.1. The van der Waals surface area contributed by atoms with Crippen LogP contribution in [0, 0.1) is 6.92 Å². The lowest BCUT2D eigenvalue weighted by Crippen LogP contribution is -1.91. The van der Waals surface area contributed by atoms with Gasteiger partial charge in [0.25, 0.3) is 0 Å². The van der Waals surface area contributed by atoms with E-state index in [1.807, 2.05) is 11.4 Å². The molecule has 0 radical (unpaired) electrons. The van der Waals surface area contributed by atoms with Crippen LogP contribution in [0.2, 0.25) is 10.0 Å². The largest absolute Gasteiger partial charge is 0.253 e. The van der Waals surface area contributed by atoms with Crippen LogP contribution >= 0.6 is 34.5 Å². The van der Waals surface area contributed by atoms with E-state index in [0.29, 0.717) is 10.0 Å². The number of benzene rings is 2. The molecule has 0 amide bonds. The number of aryl methyl sites for hydroxylation is 1. The van der Waals surface area contributed by atoms with Crippen LogP contribution in [0.15, 0.2) is 52.9 Å². The zero-order valence-corrected chi connectivity index (χ0v) is 14.6. The van der Waals surface area contributed by atoms with Crippen LogP contribution in [-0.4, -0.2) is 11.2 Å². The molecule has 0 saturated heterocycles. The molecule has 1 N–H and O–H groups in total. The molecule has 3 nitrogen and oxygen atoms in total. The summed E-state index contributed by atoms with van der Waals surface area (Å²) < 4.78 is 0. The van der Waals surface area contributed by atoms with Gasteiger partial charge in [-0.05, 0) is 19.1 Å². The molecule has 0 aliphatic heterocycles. The second-order valence-corrected chi connectivity index (χ2v) is 6.64. The Hall–Kier alpha value is -1.88. The summed E-state index contributed by atoms with van der Waals surface area (Å²) in [5.74, 6) is 0. The Balaban J connectivity index is 1.69. The van der Waals surface area contributed by atoms with E-state index >= 15 is 0 Å². The molecule has 0 spiro atoms. The van der Waals surface area contributed by atoms with Gasteiger partial charge < -0.3 is 0 Å². The van der Waals surface area contributed by atoms with Gasteiger partial charge in [-0.15, -0.1) is 11.3 Å². The van der Waals surface area contributed by atoms with Crippen molar-refractivity contribution in [2.75, 3.05) is 5.43 Å². The maximum atomic E-state index is 6.09. The van der Waals surface area contributed by atoms with E-state index in [1.165, 1.54) is 16.9 Å². The fraction of sp³-hybridized carbons (Fsp3) is 0.0588. The van der Waals surface area contributed by atoms with Crippen LogP contribution in [0.5, 0.6) is 0 Å². The van der Waals surface area contributed by atoms with Crippen molar-refractivity contribution in [3.8, 4) is 11.3 Å². The number of halogens is 2. The van der Waals surface area contributed by atoms with Crippen molar-refractivity contribution in [1.82, 2.24) is 4.98 Å². The lowest BCUT2D eigenvalue weighted by molar-refractivity contribution is 1.29. The van der Waals surface area contributed by atoms with Crippen LogP contribution in [0.3, 0.4) is 0 Å². The molecule has 3 rings (SSSR count). The SMILES string of the molecule is Cc1ccc(-c2csc(NN=Cc3ccc(Cl)cc3Cl)n2)cc1. The number of nitrogens with zero attached hydrogens (tertiary/aromatic N) is 2. The zero-order valence-electron chi connectivity index (χ0n) is 12.3. The van der Waals surface area contributed by atoms with Gasteiger partial charge in [0.1, 0.15) is 0 Å². The molecule has 6 heteroatoms. The molecular formula is C17H13Cl2N3S. The second-order valence-electron chi connectivity index (χ2n) is 4.94. The van der Waals surface area contributed by atoms with Gasteiger partial charge in [-0.3, -0.25) is 5.43 Å². The number of hydrazone groups is 1. The van der Waals surface area contributed by atoms with Crippen molar-refractivity contribution in [2.45, 2.75) is 6.92 Å². The van der Waals surface area contributed by atoms with Crippen molar-refractivity contribution in [3.05, 3.63) is 69.0 Å². The maximum absolute atomic E-state index is 6.09. The predicted octanol–water partition coefficient (Wildman–Crippen LogP) is 5.87. The minimum Gasteiger partial charge on any atom is -0.253 e. The number of aromatic nitrogens is 1. The minimum atomic E-state index is 0.558. The summed E-state index contributed by atoms with van der Waals surface area (Å²) in [5, 5.41) is 8.05. The van der Waals surface area contributed by atoms with Crippen LogP contribution in [-0.2, 0) is 0 Å². The summed E-state index contributed by atoms with van der Waals surface area (Å²) in [6, 6.07) is 13.5. The number of anilines is 1. The number of nitrogens with one attached hydrogen (secondary N) is 1. The summed E-state index contributed by atoms with van der Waals surface area (Å²) >= 11 is 13.5. The third kappa shape index (κ3) is 4.10. The Morgan fingerprint density at radius 2 is 1.91 bits per heavy atom. The highest BCUT2D eigenvalue weighted by Crippen LogP contribution is 2.25. The molecule has 0 atom stereocenters. The molecule has 23 heavy (non-hydrogen) atoms. The van der Waals surface area contributed by atoms with Crippen molar-refractivity contribution in [1.29, 1.82) is 0 Å². The van der Waals surface area contributed by atoms with Gasteiger partial charge in [0.15, 0.2) is 0 Å². The molecule has 0 fully saturated rings. The van der Waals surface area contributed by atoms with E-state index in [0.717, 1.165) is 22.0 Å². The van der Waals surface area contributed by atoms with Crippen LogP contribution < -0.4 is 5.43 Å². The molecule has 0 unspecified atom stereocenters. The molecule has 1 aromatic heterocycles. The highest BCUT2D eigenvalue weighted by Gasteiger charge is 2.04. The van der Waals surface area contributed by atoms with E-state index in [9.17, 15) is 0 Å². The van der Waals surface area contributed by atoms with Crippen molar-refractivity contribution >= 4 is 45.9 Å². The normalized spacial score (nSPS) is 11.1. The molecule has 1 heterocycles. The number of thiazole rings is 1. The molecule has 2 aromatic carbocycles. The van der Waals surface area contributed by atoms with Crippen LogP contribution in [0.1, 0.15) is 11.1 Å². The minimum absolute atomic E-state index is 0.558. The zero-order chi connectivity index (χ0) is 16.2. The summed E-state index contributed by atoms with van der Waals surface area (Å²) in [4.78, 5) is 4.52. The van der Waals surface area contributed by atoms with Crippen molar-refractivity contribution < 1.29 is 0 Å². The second kappa shape index (κ2) is 7.13. The van der Waals surface area contributed by atoms with E-state index in [-0.39, 0.29) is 0 Å². The molecule has 0 aliphatic rings. The van der Waals surface area contributed by atoms with E-state index in [4.69, 9.17) is 23.2 Å². The van der Waals surface area contributed by atoms with Gasteiger partial charge in [0, 0.05) is 21.5 Å². The summed E-state index contributed by atoms with van der Waals surface area (Å²) in [6.45, 7) is 2.06. The summed E-state index contributed by atoms with van der Waals surface area (Å²) in [6.07, 6.45) is 1.64. The first-order valence-electron chi connectivity index (χ1n) is 6.88. The molecule has 116 valence electrons. The topological polar surface area (TPSA) is 37.3 Å². The van der Waals surface area contributed by atoms with Gasteiger partial charge in [-0.1, -0.05) is 59.1 Å². The lowest BCUT2D eigenvalue weighted by Gasteiger charge is -1.99. The van der Waals surface area contributed by atoms with Crippen molar-refractivity contribution in [2.24, 2.45) is 5.10 Å². The van der Waals surface area contributed by atoms with Gasteiger partial charge in [-0.25, -0.2) is 4.98 Å². The Kier molecular flexibility index (Phi) is 4.96. The first-order valence-corrected chi connectivity index (χ1v) is 8.52. The highest BCUT2D eigenvalue weighted by atomic mass is 35.5. The Morgan fingerprint density at radius 3 is 2.65 bits per heavy atom. The smallest absolute Gasteiger partial charge is 0.203 e. The Bertz CT molecular complexity index is 841. The van der Waals surface area contributed by atoms with Gasteiger partial charge in [0.2, 0.25) is 5.13 Å². The standard InChI is InChI=1S/C17H13Cl2N3S/c1-11-2-4-12(5-3-11)16-10-23-17(21-16)22-20-9-13-6-7-14(18)8-15(13)19/h2-10H,1H3,(H,21,22). The van der Waals surface area contributed by atoms with Gasteiger partial charge >= 0.3 is 0 Å². The van der Waals surface area contributed by atoms with Crippen LogP contribution in [0.25, 0.3) is 11.3 Å². The quantitative estimate of drug-likeness (QED) is 0.465. The fourth-order valence-electron chi connectivity index (χ4n) is 1.95. The monoisotopic (exact) mass is 361 g/mol. The first-order chi connectivity index (χ1) is 11.1. The average molecular weight is 362 g/mol. The van der Waals surface area contributed by atoms with Gasteiger partial charge in [-0.2, -0.15) is 5.10 Å². The number of hydrogen-bond acceptors (Lipinski definition) is 4. The van der Waals surface area contributed by atoms with Crippen molar-refractivity contribution in [3.63, 3.8) is 0 Å². The summed E-state index contributed by atoms with van der Waals surface area (Å²) in [7, 11) is 0. The molecular weight excluding hydrogens is 349 g/mol. The third-order valence-corrected chi connectivity index (χ3v) is 4.49. The van der Waals surface area contributed by atoms with E-state index < -0.39 is 0 Å². The molecule has 0 aliphatic carbocycles. The van der Waals surface area contributed by atoms with E-state index in [1.54, 1.807) is 18.3 Å². The fourth-order valence-corrected chi connectivity index (χ4v) is 3.07. The summed E-state index contributed by atoms with van der Waals surface area (Å²) in [5.41, 5.74) is 6.96. The number of rotatable bonds is 4. The third-order valence-electron chi connectivity index (χ3n) is 3.18. The first kappa shape index (κ1) is 16.0. The predicted molar refractivity (Wildman–Crippen MR) is 100.0 cm³/mol. The van der Waals surface area contributed by atoms with Crippen LogP contribution in [0.4, 0.5) is 5.13 Å². The molecule has 0 saturated carbocycles. The Labute approximate surface area is 148 Å². The number of hydrogen-bond donors (Lipinski definition) is 1. The highest BCUT2D eigenvalue weighted by molar-refractivity contribution is 7.14.